The van der Waals surface area contributed by atoms with E-state index < -0.39 is 5.97 Å². The summed E-state index contributed by atoms with van der Waals surface area (Å²) in [6.07, 6.45) is 2.67. The Bertz CT molecular complexity index is 561. The highest BCUT2D eigenvalue weighted by Crippen LogP contribution is 2.31. The van der Waals surface area contributed by atoms with Crippen molar-refractivity contribution in [2.75, 3.05) is 7.11 Å². The third-order valence-electron chi connectivity index (χ3n) is 2.00. The number of carboxylic acid groups (broad SMARTS) is 1. The quantitative estimate of drug-likeness (QED) is 0.473. The summed E-state index contributed by atoms with van der Waals surface area (Å²) < 4.78 is 4.93. The van der Waals surface area contributed by atoms with Gasteiger partial charge in [-0.2, -0.15) is 0 Å². The van der Waals surface area contributed by atoms with Crippen molar-refractivity contribution in [3.05, 3.63) is 29.3 Å². The molecule has 0 aromatic heterocycles. The van der Waals surface area contributed by atoms with E-state index in [1.807, 2.05) is 0 Å². The van der Waals surface area contributed by atoms with Crippen molar-refractivity contribution in [1.29, 1.82) is 0 Å². The number of aldehydes is 1. The zero-order valence-corrected chi connectivity index (χ0v) is 9.51. The van der Waals surface area contributed by atoms with Crippen LogP contribution in [0.15, 0.2) is 18.2 Å². The summed E-state index contributed by atoms with van der Waals surface area (Å²) in [6, 6.07) is 2.91. The number of phenols is 1. The van der Waals surface area contributed by atoms with Crippen molar-refractivity contribution in [2.45, 2.75) is 0 Å². The van der Waals surface area contributed by atoms with Gasteiger partial charge in [0.2, 0.25) is 0 Å². The maximum absolute atomic E-state index is 10.4. The molecule has 0 spiro atoms. The van der Waals surface area contributed by atoms with Gasteiger partial charge in [-0.1, -0.05) is 5.92 Å². The van der Waals surface area contributed by atoms with Crippen LogP contribution in [0.4, 0.5) is 0 Å². The van der Waals surface area contributed by atoms with Crippen LogP contribution in [0, 0.1) is 11.8 Å². The Morgan fingerprint density at radius 1 is 1.44 bits per heavy atom. The average Bonchev–Trinajstić information content (AvgIpc) is 2.35. The van der Waals surface area contributed by atoms with E-state index in [-0.39, 0.29) is 17.1 Å². The number of hydrogen-bond acceptors (Lipinski definition) is 4. The standard InChI is InChI=1S/C13H10O5/c1-18-11-8-9(4-5-12(15)16)7-10(13(11)17)3-2-6-14/h4-8,17H,1H3,(H,15,16). The molecule has 0 fully saturated rings. The molecule has 0 saturated heterocycles. The number of phenolic OH excluding ortho intramolecular Hbond substituents is 1. The number of carboxylic acids is 1. The minimum absolute atomic E-state index is 0.151. The largest absolute Gasteiger partial charge is 0.503 e. The van der Waals surface area contributed by atoms with Crippen molar-refractivity contribution in [2.24, 2.45) is 0 Å². The first-order chi connectivity index (χ1) is 8.58. The number of carbonyl (C=O) groups excluding carboxylic acids is 1. The summed E-state index contributed by atoms with van der Waals surface area (Å²) in [5.41, 5.74) is 0.675. The van der Waals surface area contributed by atoms with Gasteiger partial charge < -0.3 is 14.9 Å². The lowest BCUT2D eigenvalue weighted by Gasteiger charge is -2.06. The van der Waals surface area contributed by atoms with Gasteiger partial charge in [0.1, 0.15) is 0 Å². The summed E-state index contributed by atoms with van der Waals surface area (Å²) in [5, 5.41) is 18.3. The van der Waals surface area contributed by atoms with Gasteiger partial charge in [-0.3, -0.25) is 4.79 Å². The van der Waals surface area contributed by atoms with E-state index in [0.29, 0.717) is 11.8 Å². The molecule has 0 aliphatic rings. The number of rotatable bonds is 3. The minimum Gasteiger partial charge on any atom is -0.503 e. The van der Waals surface area contributed by atoms with E-state index in [2.05, 4.69) is 11.8 Å². The second kappa shape index (κ2) is 6.11. The Morgan fingerprint density at radius 2 is 2.17 bits per heavy atom. The molecule has 0 saturated carbocycles. The first kappa shape index (κ1) is 13.3. The summed E-state index contributed by atoms with van der Waals surface area (Å²) in [4.78, 5) is 20.6. The minimum atomic E-state index is -1.09. The fourth-order valence-electron chi connectivity index (χ4n) is 1.25. The highest BCUT2D eigenvalue weighted by atomic mass is 16.5. The number of hydrogen-bond donors (Lipinski definition) is 2. The third-order valence-corrected chi connectivity index (χ3v) is 2.00. The highest BCUT2D eigenvalue weighted by molar-refractivity contribution is 5.85. The van der Waals surface area contributed by atoms with Gasteiger partial charge in [0, 0.05) is 6.08 Å². The number of methoxy groups -OCH3 is 1. The van der Waals surface area contributed by atoms with Crippen LogP contribution in [0.3, 0.4) is 0 Å². The molecule has 2 N–H and O–H groups in total. The number of aliphatic carboxylic acids is 1. The second-order valence-corrected chi connectivity index (χ2v) is 3.18. The zero-order valence-electron chi connectivity index (χ0n) is 9.51. The predicted molar refractivity (Wildman–Crippen MR) is 64.3 cm³/mol. The van der Waals surface area contributed by atoms with Crippen LogP contribution in [0.1, 0.15) is 11.1 Å². The molecule has 0 bridgehead atoms. The fraction of sp³-hybridized carbons (Fsp3) is 0.0769. The lowest BCUT2D eigenvalue weighted by molar-refractivity contribution is -0.131. The van der Waals surface area contributed by atoms with Gasteiger partial charge in [-0.25, -0.2) is 4.79 Å². The lowest BCUT2D eigenvalue weighted by atomic mass is 10.1. The van der Waals surface area contributed by atoms with Crippen LogP contribution >= 0.6 is 0 Å². The Hall–Kier alpha value is -2.74. The Balaban J connectivity index is 3.29. The van der Waals surface area contributed by atoms with Gasteiger partial charge in [0.15, 0.2) is 17.8 Å². The van der Waals surface area contributed by atoms with Gasteiger partial charge in [-0.15, -0.1) is 0 Å². The number of carbonyl (C=O) groups is 2. The van der Waals surface area contributed by atoms with Crippen LogP contribution in [0.25, 0.3) is 6.08 Å². The summed E-state index contributed by atoms with van der Waals surface area (Å²) in [5.74, 6) is 3.46. The molecule has 1 rings (SSSR count). The van der Waals surface area contributed by atoms with Gasteiger partial charge in [-0.05, 0) is 29.7 Å². The van der Waals surface area contributed by atoms with Gasteiger partial charge in [0.25, 0.3) is 0 Å². The van der Waals surface area contributed by atoms with Crippen LogP contribution < -0.4 is 4.74 Å². The molecule has 1 aromatic carbocycles. The monoisotopic (exact) mass is 246 g/mol. The van der Waals surface area contributed by atoms with Crippen molar-refractivity contribution in [1.82, 2.24) is 0 Å². The van der Waals surface area contributed by atoms with Crippen molar-refractivity contribution >= 4 is 18.3 Å². The van der Waals surface area contributed by atoms with Crippen LogP contribution in [-0.2, 0) is 9.59 Å². The molecule has 0 atom stereocenters. The summed E-state index contributed by atoms with van der Waals surface area (Å²) >= 11 is 0. The van der Waals surface area contributed by atoms with E-state index in [9.17, 15) is 14.7 Å². The van der Waals surface area contributed by atoms with Gasteiger partial charge in [0.05, 0.1) is 12.7 Å². The molecular formula is C13H10O5. The second-order valence-electron chi connectivity index (χ2n) is 3.18. The summed E-state index contributed by atoms with van der Waals surface area (Å²) in [7, 11) is 1.36. The zero-order chi connectivity index (χ0) is 13.5. The number of benzene rings is 1. The van der Waals surface area contributed by atoms with E-state index in [1.54, 1.807) is 0 Å². The molecule has 0 radical (unpaired) electrons. The van der Waals surface area contributed by atoms with Crippen LogP contribution in [0.2, 0.25) is 0 Å². The van der Waals surface area contributed by atoms with Crippen LogP contribution in [-0.4, -0.2) is 29.6 Å². The summed E-state index contributed by atoms with van der Waals surface area (Å²) in [6.45, 7) is 0. The molecular weight excluding hydrogens is 236 g/mol. The van der Waals surface area contributed by atoms with Gasteiger partial charge >= 0.3 is 5.97 Å². The maximum Gasteiger partial charge on any atom is 0.328 e. The van der Waals surface area contributed by atoms with E-state index >= 15 is 0 Å². The topological polar surface area (TPSA) is 83.8 Å². The molecule has 92 valence electrons. The van der Waals surface area contributed by atoms with Crippen molar-refractivity contribution < 1.29 is 24.5 Å². The SMILES string of the molecule is COc1cc(C=CC(=O)O)cc(C#CC=O)c1O. The van der Waals surface area contributed by atoms with E-state index in [0.717, 1.165) is 6.08 Å². The van der Waals surface area contributed by atoms with Crippen LogP contribution in [0.5, 0.6) is 11.5 Å². The fourth-order valence-corrected chi connectivity index (χ4v) is 1.25. The Labute approximate surface area is 103 Å². The first-order valence-electron chi connectivity index (χ1n) is 4.85. The lowest BCUT2D eigenvalue weighted by Crippen LogP contribution is -1.90. The normalized spacial score (nSPS) is 9.61. The maximum atomic E-state index is 10.4. The van der Waals surface area contributed by atoms with E-state index in [1.165, 1.54) is 25.3 Å². The van der Waals surface area contributed by atoms with Crippen molar-refractivity contribution in [3.8, 4) is 23.3 Å². The molecule has 5 heteroatoms. The molecule has 0 amide bonds. The Morgan fingerprint density at radius 3 is 2.72 bits per heavy atom. The number of ether oxygens (including phenoxy) is 1. The molecule has 0 heterocycles. The average molecular weight is 246 g/mol. The molecule has 1 aromatic rings. The third kappa shape index (κ3) is 3.39. The predicted octanol–water partition coefficient (Wildman–Crippen LogP) is 1.05. The first-order valence-corrected chi connectivity index (χ1v) is 4.85. The molecule has 0 aliphatic carbocycles. The van der Waals surface area contributed by atoms with E-state index in [4.69, 9.17) is 9.84 Å². The molecule has 18 heavy (non-hydrogen) atoms. The molecule has 0 unspecified atom stereocenters. The Kier molecular flexibility index (Phi) is 4.52. The number of aromatic hydroxyl groups is 1. The molecule has 5 nitrogen and oxygen atoms in total. The van der Waals surface area contributed by atoms with Crippen molar-refractivity contribution in [3.63, 3.8) is 0 Å². The highest BCUT2D eigenvalue weighted by Gasteiger charge is 2.08. The molecule has 0 aliphatic heterocycles. The smallest absolute Gasteiger partial charge is 0.328 e.